The Morgan fingerprint density at radius 3 is 2.56 bits per heavy atom. The molecule has 1 heterocycles. The smallest absolute Gasteiger partial charge is 0.251 e. The van der Waals surface area contributed by atoms with Crippen molar-refractivity contribution in [3.05, 3.63) is 66.2 Å². The van der Waals surface area contributed by atoms with E-state index < -0.39 is 11.8 Å². The van der Waals surface area contributed by atoms with Crippen molar-refractivity contribution in [2.45, 2.75) is 50.9 Å². The van der Waals surface area contributed by atoms with Crippen LogP contribution in [0.15, 0.2) is 60.7 Å². The van der Waals surface area contributed by atoms with Crippen LogP contribution in [0, 0.1) is 0 Å². The number of nitrogens with one attached hydrogen (secondary N) is 2. The highest BCUT2D eigenvalue weighted by Crippen LogP contribution is 2.47. The Morgan fingerprint density at radius 1 is 0.969 bits per heavy atom. The summed E-state index contributed by atoms with van der Waals surface area (Å²) in [5.41, 5.74) is 1.55. The van der Waals surface area contributed by atoms with Crippen molar-refractivity contribution in [3.8, 4) is 11.5 Å². The van der Waals surface area contributed by atoms with Crippen LogP contribution in [0.25, 0.3) is 10.8 Å². The van der Waals surface area contributed by atoms with E-state index in [4.69, 9.17) is 9.47 Å². The quantitative estimate of drug-likeness (QED) is 0.622. The lowest BCUT2D eigenvalue weighted by Crippen LogP contribution is -2.42. The van der Waals surface area contributed by atoms with E-state index in [1.54, 1.807) is 19.1 Å². The van der Waals surface area contributed by atoms with Gasteiger partial charge in [-0.3, -0.25) is 9.59 Å². The number of anilines is 1. The molecular weight excluding hydrogens is 404 g/mol. The SMILES string of the molecule is CC(NC(=O)Cc1cccc2ccccc12)C(=O)Nc1ccc2c(c1)OC1(CCCC1)O2. The molecule has 1 unspecified atom stereocenters. The molecule has 1 spiro atoms. The molecule has 1 saturated carbocycles. The van der Waals surface area contributed by atoms with Gasteiger partial charge in [-0.1, -0.05) is 42.5 Å². The van der Waals surface area contributed by atoms with Gasteiger partial charge in [0.1, 0.15) is 6.04 Å². The summed E-state index contributed by atoms with van der Waals surface area (Å²) >= 11 is 0. The number of hydrogen-bond acceptors (Lipinski definition) is 4. The van der Waals surface area contributed by atoms with Gasteiger partial charge in [0.05, 0.1) is 6.42 Å². The minimum atomic E-state index is -0.677. The van der Waals surface area contributed by atoms with Crippen LogP contribution in [-0.2, 0) is 16.0 Å². The zero-order valence-corrected chi connectivity index (χ0v) is 18.0. The molecule has 1 aliphatic carbocycles. The lowest BCUT2D eigenvalue weighted by molar-refractivity contribution is -0.125. The van der Waals surface area contributed by atoms with Crippen molar-refractivity contribution in [3.63, 3.8) is 0 Å². The molecule has 2 N–H and O–H groups in total. The molecule has 0 bridgehead atoms. The van der Waals surface area contributed by atoms with Gasteiger partial charge in [-0.2, -0.15) is 0 Å². The van der Waals surface area contributed by atoms with Crippen molar-refractivity contribution >= 4 is 28.3 Å². The molecular formula is C26H26N2O4. The van der Waals surface area contributed by atoms with Crippen LogP contribution in [0.5, 0.6) is 11.5 Å². The number of ether oxygens (including phenoxy) is 2. The summed E-state index contributed by atoms with van der Waals surface area (Å²) in [4.78, 5) is 25.3. The van der Waals surface area contributed by atoms with Crippen molar-refractivity contribution in [1.82, 2.24) is 5.32 Å². The van der Waals surface area contributed by atoms with E-state index >= 15 is 0 Å². The minimum absolute atomic E-state index is 0.196. The fourth-order valence-electron chi connectivity index (χ4n) is 4.52. The van der Waals surface area contributed by atoms with Gasteiger partial charge in [0, 0.05) is 24.6 Å². The number of carbonyl (C=O) groups is 2. The van der Waals surface area contributed by atoms with Gasteiger partial charge in [0.25, 0.3) is 5.79 Å². The van der Waals surface area contributed by atoms with E-state index in [-0.39, 0.29) is 18.2 Å². The lowest BCUT2D eigenvalue weighted by atomic mass is 10.0. The van der Waals surface area contributed by atoms with E-state index in [1.807, 2.05) is 48.5 Å². The molecule has 2 aliphatic rings. The third-order valence-corrected chi connectivity index (χ3v) is 6.17. The van der Waals surface area contributed by atoms with Crippen LogP contribution in [0.2, 0.25) is 0 Å². The Balaban J connectivity index is 1.20. The van der Waals surface area contributed by atoms with Crippen molar-refractivity contribution in [2.24, 2.45) is 0 Å². The van der Waals surface area contributed by atoms with Crippen LogP contribution >= 0.6 is 0 Å². The molecule has 1 atom stereocenters. The maximum absolute atomic E-state index is 12.7. The second kappa shape index (κ2) is 8.19. The van der Waals surface area contributed by atoms with Gasteiger partial charge in [0.15, 0.2) is 11.5 Å². The molecule has 3 aromatic rings. The highest BCUT2D eigenvalue weighted by molar-refractivity contribution is 5.98. The predicted octanol–water partition coefficient (Wildman–Crippen LogP) is 4.57. The van der Waals surface area contributed by atoms with Crippen molar-refractivity contribution < 1.29 is 19.1 Å². The molecule has 6 heteroatoms. The largest absolute Gasteiger partial charge is 0.448 e. The maximum atomic E-state index is 12.7. The number of rotatable bonds is 5. The van der Waals surface area contributed by atoms with Crippen molar-refractivity contribution in [2.75, 3.05) is 5.32 Å². The summed E-state index contributed by atoms with van der Waals surface area (Å²) in [6.07, 6.45) is 4.15. The number of carbonyl (C=O) groups excluding carboxylic acids is 2. The third kappa shape index (κ3) is 4.00. The minimum Gasteiger partial charge on any atom is -0.448 e. The first-order valence-corrected chi connectivity index (χ1v) is 11.1. The molecule has 6 nitrogen and oxygen atoms in total. The van der Waals surface area contributed by atoms with Gasteiger partial charge in [-0.15, -0.1) is 0 Å². The summed E-state index contributed by atoms with van der Waals surface area (Å²) in [5, 5.41) is 7.79. The zero-order chi connectivity index (χ0) is 22.1. The monoisotopic (exact) mass is 430 g/mol. The Hall–Kier alpha value is -3.54. The van der Waals surface area contributed by atoms with Crippen LogP contribution in [-0.4, -0.2) is 23.6 Å². The average molecular weight is 431 g/mol. The summed E-state index contributed by atoms with van der Waals surface area (Å²) in [7, 11) is 0. The molecule has 5 rings (SSSR count). The van der Waals surface area contributed by atoms with Crippen LogP contribution in [0.1, 0.15) is 38.2 Å². The number of benzene rings is 3. The van der Waals surface area contributed by atoms with Gasteiger partial charge >= 0.3 is 0 Å². The Labute approximate surface area is 186 Å². The second-order valence-electron chi connectivity index (χ2n) is 8.58. The van der Waals surface area contributed by atoms with Crippen LogP contribution in [0.4, 0.5) is 5.69 Å². The Morgan fingerprint density at radius 2 is 1.72 bits per heavy atom. The summed E-state index contributed by atoms with van der Waals surface area (Å²) in [5.74, 6) is 0.343. The normalized spacial score (nSPS) is 16.8. The van der Waals surface area contributed by atoms with Gasteiger partial charge < -0.3 is 20.1 Å². The Bertz CT molecular complexity index is 1180. The molecule has 0 aromatic heterocycles. The highest BCUT2D eigenvalue weighted by Gasteiger charge is 2.44. The Kier molecular flexibility index (Phi) is 5.21. The predicted molar refractivity (Wildman–Crippen MR) is 123 cm³/mol. The number of hydrogen-bond donors (Lipinski definition) is 2. The van der Waals surface area contributed by atoms with E-state index in [0.717, 1.165) is 42.0 Å². The fourth-order valence-corrected chi connectivity index (χ4v) is 4.52. The maximum Gasteiger partial charge on any atom is 0.251 e. The van der Waals surface area contributed by atoms with E-state index in [1.165, 1.54) is 0 Å². The van der Waals surface area contributed by atoms with E-state index in [9.17, 15) is 9.59 Å². The number of amides is 2. The number of fused-ring (bicyclic) bond motifs is 2. The van der Waals surface area contributed by atoms with Gasteiger partial charge in [-0.05, 0) is 48.2 Å². The first-order chi connectivity index (χ1) is 15.5. The molecule has 1 fully saturated rings. The first-order valence-electron chi connectivity index (χ1n) is 11.1. The standard InChI is InChI=1S/C26H26N2O4/c1-17(27-24(29)15-19-9-6-8-18-7-2-3-10-21(18)19)25(30)28-20-11-12-22-23(16-20)32-26(31-22)13-4-5-14-26/h2-3,6-12,16-17H,4-5,13-15H2,1H3,(H,27,29)(H,28,30). The van der Waals surface area contributed by atoms with Gasteiger partial charge in [-0.25, -0.2) is 0 Å². The van der Waals surface area contributed by atoms with Crippen LogP contribution < -0.4 is 20.1 Å². The molecule has 3 aromatic carbocycles. The van der Waals surface area contributed by atoms with Crippen molar-refractivity contribution in [1.29, 1.82) is 0 Å². The summed E-state index contributed by atoms with van der Waals surface area (Å²) in [6, 6.07) is 18.6. The van der Waals surface area contributed by atoms with Gasteiger partial charge in [0.2, 0.25) is 11.8 Å². The first kappa shape index (κ1) is 20.4. The topological polar surface area (TPSA) is 76.7 Å². The molecule has 0 saturated heterocycles. The molecule has 32 heavy (non-hydrogen) atoms. The van der Waals surface area contributed by atoms with E-state index in [2.05, 4.69) is 10.6 Å². The average Bonchev–Trinajstić information content (AvgIpc) is 3.39. The fraction of sp³-hybridized carbons (Fsp3) is 0.308. The van der Waals surface area contributed by atoms with Crippen LogP contribution in [0.3, 0.4) is 0 Å². The summed E-state index contributed by atoms with van der Waals surface area (Å²) in [6.45, 7) is 1.68. The molecule has 0 radical (unpaired) electrons. The zero-order valence-electron chi connectivity index (χ0n) is 18.0. The highest BCUT2D eigenvalue weighted by atomic mass is 16.7. The summed E-state index contributed by atoms with van der Waals surface area (Å²) < 4.78 is 12.1. The molecule has 1 aliphatic heterocycles. The molecule has 2 amide bonds. The molecule has 164 valence electrons. The third-order valence-electron chi connectivity index (χ3n) is 6.17. The van der Waals surface area contributed by atoms with E-state index in [0.29, 0.717) is 17.2 Å². The lowest BCUT2D eigenvalue weighted by Gasteiger charge is -2.21. The second-order valence-corrected chi connectivity index (χ2v) is 8.58.